The number of hydrogen-bond acceptors (Lipinski definition) is 2. The molecule has 52 valence electrons. The molecule has 0 aromatic carbocycles. The SMILES string of the molecule is [2H]c1cc(C(=O)O)cc([2H])[n+]1[O-]. The summed E-state index contributed by atoms with van der Waals surface area (Å²) in [6.07, 6.45) is -1.08. The summed E-state index contributed by atoms with van der Waals surface area (Å²) in [6.45, 7) is 0. The van der Waals surface area contributed by atoms with E-state index in [9.17, 15) is 10.0 Å². The van der Waals surface area contributed by atoms with E-state index in [-0.39, 0.29) is 10.3 Å². The van der Waals surface area contributed by atoms with E-state index in [1.54, 1.807) is 0 Å². The molecule has 0 atom stereocenters. The van der Waals surface area contributed by atoms with Gasteiger partial charge in [-0.2, -0.15) is 4.73 Å². The number of carbonyl (C=O) groups is 1. The van der Waals surface area contributed by atoms with Crippen molar-refractivity contribution >= 4 is 5.97 Å². The lowest BCUT2D eigenvalue weighted by Gasteiger charge is -1.93. The molecule has 0 spiro atoms. The first-order valence-corrected chi connectivity index (χ1v) is 2.46. The summed E-state index contributed by atoms with van der Waals surface area (Å²) < 4.78 is 14.0. The number of nitrogens with zero attached hydrogens (tertiary/aromatic N) is 1. The second kappa shape index (κ2) is 2.34. The van der Waals surface area contributed by atoms with Gasteiger partial charge in [0.15, 0.2) is 12.3 Å². The summed E-state index contributed by atoms with van der Waals surface area (Å²) in [5, 5.41) is 19.1. The third kappa shape index (κ3) is 1.22. The molecule has 4 heteroatoms. The molecule has 1 aromatic heterocycles. The summed E-state index contributed by atoms with van der Waals surface area (Å²) >= 11 is 0. The Bertz CT molecular complexity index is 317. The summed E-state index contributed by atoms with van der Waals surface area (Å²) in [5.74, 6) is -1.25. The van der Waals surface area contributed by atoms with E-state index in [1.165, 1.54) is 0 Å². The van der Waals surface area contributed by atoms with Crippen LogP contribution in [-0.4, -0.2) is 11.1 Å². The number of carboxylic acid groups (broad SMARTS) is 1. The van der Waals surface area contributed by atoms with Gasteiger partial charge in [0.25, 0.3) is 0 Å². The summed E-state index contributed by atoms with van der Waals surface area (Å²) in [7, 11) is 0. The first kappa shape index (κ1) is 4.27. The van der Waals surface area contributed by atoms with Crippen molar-refractivity contribution in [2.45, 2.75) is 0 Å². The van der Waals surface area contributed by atoms with Crippen molar-refractivity contribution < 1.29 is 17.4 Å². The van der Waals surface area contributed by atoms with Crippen LogP contribution < -0.4 is 4.73 Å². The Kier molecular flexibility index (Phi) is 1.00. The molecule has 0 bridgehead atoms. The molecule has 0 aliphatic heterocycles. The van der Waals surface area contributed by atoms with E-state index in [0.29, 0.717) is 0 Å². The zero-order valence-corrected chi connectivity index (χ0v) is 4.87. The minimum absolute atomic E-state index is 0.0342. The largest absolute Gasteiger partial charge is 0.619 e. The van der Waals surface area contributed by atoms with Gasteiger partial charge in [0.05, 0.1) is 5.56 Å². The molecule has 0 saturated carbocycles. The Morgan fingerprint density at radius 3 is 2.60 bits per heavy atom. The Morgan fingerprint density at radius 1 is 1.70 bits per heavy atom. The van der Waals surface area contributed by atoms with Crippen LogP contribution >= 0.6 is 0 Å². The van der Waals surface area contributed by atoms with Gasteiger partial charge in [0.2, 0.25) is 0 Å². The van der Waals surface area contributed by atoms with Crippen LogP contribution in [0.1, 0.15) is 13.1 Å². The van der Waals surface area contributed by atoms with Gasteiger partial charge in [-0.05, 0) is 0 Å². The van der Waals surface area contributed by atoms with Crippen LogP contribution in [0.2, 0.25) is 0 Å². The molecule has 0 aliphatic rings. The monoisotopic (exact) mass is 141 g/mol. The van der Waals surface area contributed by atoms with Crippen LogP contribution in [0.4, 0.5) is 0 Å². The quantitative estimate of drug-likeness (QED) is 0.443. The summed E-state index contributed by atoms with van der Waals surface area (Å²) in [4.78, 5) is 10.3. The molecule has 10 heavy (non-hydrogen) atoms. The van der Waals surface area contributed by atoms with Gasteiger partial charge in [0.1, 0.15) is 2.74 Å². The summed E-state index contributed by atoms with van der Waals surface area (Å²) in [6, 6.07) is 1.79. The van der Waals surface area contributed by atoms with E-state index in [0.717, 1.165) is 12.1 Å². The molecule has 0 radical (unpaired) electrons. The molecule has 1 aromatic rings. The van der Waals surface area contributed by atoms with Gasteiger partial charge in [-0.3, -0.25) is 0 Å². The molecular formula is C6H5NO3. The second-order valence-electron chi connectivity index (χ2n) is 1.60. The predicted octanol–water partition coefficient (Wildman–Crippen LogP) is 0.0182. The molecule has 0 aliphatic carbocycles. The van der Waals surface area contributed by atoms with Crippen LogP contribution in [0.3, 0.4) is 0 Å². The van der Waals surface area contributed by atoms with Crippen LogP contribution in [0.5, 0.6) is 0 Å². The van der Waals surface area contributed by atoms with Gasteiger partial charge in [-0.15, -0.1) is 0 Å². The van der Waals surface area contributed by atoms with Crippen molar-refractivity contribution in [2.24, 2.45) is 0 Å². The van der Waals surface area contributed by atoms with Crippen molar-refractivity contribution in [2.75, 3.05) is 0 Å². The smallest absolute Gasteiger partial charge is 0.336 e. The van der Waals surface area contributed by atoms with Crippen molar-refractivity contribution in [1.29, 1.82) is 0 Å². The highest BCUT2D eigenvalue weighted by atomic mass is 16.5. The third-order valence-electron chi connectivity index (χ3n) is 0.922. The van der Waals surface area contributed by atoms with Gasteiger partial charge in [0, 0.05) is 12.1 Å². The maximum Gasteiger partial charge on any atom is 0.336 e. The molecule has 0 amide bonds. The lowest BCUT2D eigenvalue weighted by atomic mass is 10.3. The van der Waals surface area contributed by atoms with Gasteiger partial charge >= 0.3 is 5.97 Å². The van der Waals surface area contributed by atoms with Crippen molar-refractivity contribution in [3.8, 4) is 0 Å². The molecule has 1 rings (SSSR count). The predicted molar refractivity (Wildman–Crippen MR) is 32.4 cm³/mol. The molecule has 0 unspecified atom stereocenters. The van der Waals surface area contributed by atoms with E-state index in [2.05, 4.69) is 0 Å². The molecule has 1 N–H and O–H groups in total. The maximum atomic E-state index is 10.7. The lowest BCUT2D eigenvalue weighted by molar-refractivity contribution is -0.605. The maximum absolute atomic E-state index is 10.7. The van der Waals surface area contributed by atoms with E-state index in [4.69, 9.17) is 7.85 Å². The van der Waals surface area contributed by atoms with Crippen molar-refractivity contribution in [3.05, 3.63) is 35.2 Å². The minimum Gasteiger partial charge on any atom is -0.619 e. The number of carboxylic acids is 1. The number of rotatable bonds is 1. The number of hydrogen-bond donors (Lipinski definition) is 1. The normalized spacial score (nSPS) is 12.0. The molecule has 0 saturated heterocycles. The number of aromatic carboxylic acids is 1. The molecule has 0 fully saturated rings. The van der Waals surface area contributed by atoms with Crippen LogP contribution in [0.25, 0.3) is 0 Å². The molecule has 4 nitrogen and oxygen atoms in total. The van der Waals surface area contributed by atoms with E-state index in [1.807, 2.05) is 0 Å². The molecular weight excluding hydrogens is 134 g/mol. The zero-order chi connectivity index (χ0) is 9.30. The van der Waals surface area contributed by atoms with Crippen LogP contribution in [-0.2, 0) is 0 Å². The molecule has 1 heterocycles. The average Bonchev–Trinajstić information content (AvgIpc) is 1.99. The topological polar surface area (TPSA) is 64.2 Å². The second-order valence-corrected chi connectivity index (χ2v) is 1.60. The van der Waals surface area contributed by atoms with E-state index >= 15 is 0 Å². The van der Waals surface area contributed by atoms with E-state index < -0.39 is 18.3 Å². The standard InChI is InChI=1S/C6H5NO3/c8-6(9)5-1-3-7(10)4-2-5/h1-4H,(H,8,9)/i3D,4D. The Hall–Kier alpha value is -1.58. The lowest BCUT2D eigenvalue weighted by Crippen LogP contribution is -2.24. The first-order valence-electron chi connectivity index (χ1n) is 3.46. The fourth-order valence-electron chi connectivity index (χ4n) is 0.459. The Balaban J connectivity index is 3.31. The fraction of sp³-hybridized carbons (Fsp3) is 0. The van der Waals surface area contributed by atoms with Crippen molar-refractivity contribution in [1.82, 2.24) is 0 Å². The number of pyridine rings is 1. The highest BCUT2D eigenvalue weighted by Gasteiger charge is 2.01. The Labute approximate surface area is 59.7 Å². The fourth-order valence-corrected chi connectivity index (χ4v) is 0.459. The highest BCUT2D eigenvalue weighted by Crippen LogP contribution is 1.92. The number of aromatic nitrogens is 1. The van der Waals surface area contributed by atoms with Crippen LogP contribution in [0, 0.1) is 5.21 Å². The average molecular weight is 141 g/mol. The minimum atomic E-state index is -1.25. The first-order chi connectivity index (χ1) is 5.52. The van der Waals surface area contributed by atoms with Gasteiger partial charge < -0.3 is 10.3 Å². The zero-order valence-electron chi connectivity index (χ0n) is 6.87. The Morgan fingerprint density at radius 2 is 2.20 bits per heavy atom. The summed E-state index contributed by atoms with van der Waals surface area (Å²) in [5.41, 5.74) is -0.225. The van der Waals surface area contributed by atoms with Gasteiger partial charge in [-0.1, -0.05) is 0 Å². The van der Waals surface area contributed by atoms with Crippen LogP contribution in [0.15, 0.2) is 24.5 Å². The third-order valence-corrected chi connectivity index (χ3v) is 0.922. The van der Waals surface area contributed by atoms with Gasteiger partial charge in [-0.25, -0.2) is 4.79 Å². The highest BCUT2D eigenvalue weighted by molar-refractivity contribution is 5.87. The van der Waals surface area contributed by atoms with Crippen molar-refractivity contribution in [3.63, 3.8) is 0 Å².